The second-order valence-electron chi connectivity index (χ2n) is 14.8. The van der Waals surface area contributed by atoms with Gasteiger partial charge in [0.25, 0.3) is 0 Å². The molecule has 0 saturated carbocycles. The van der Waals surface area contributed by atoms with Gasteiger partial charge in [0.1, 0.15) is 0 Å². The van der Waals surface area contributed by atoms with Crippen LogP contribution in [0.5, 0.6) is 0 Å². The molecule has 0 spiro atoms. The molecule has 0 heterocycles. The van der Waals surface area contributed by atoms with Crippen molar-refractivity contribution in [2.45, 2.75) is 74.7 Å². The van der Waals surface area contributed by atoms with E-state index in [4.69, 9.17) is 27.4 Å². The molecule has 0 bridgehead atoms. The molecule has 2 aliphatic carbocycles. The maximum atomic E-state index is 6.64. The van der Waals surface area contributed by atoms with E-state index < -0.39 is 18.3 Å². The van der Waals surface area contributed by atoms with Crippen LogP contribution in [0.2, 0.25) is 10.0 Å². The van der Waals surface area contributed by atoms with E-state index in [2.05, 4.69) is 134 Å². The Bertz CT molecular complexity index is 1920. The molecule has 0 amide bonds. The number of halogens is 4. The molecular formula is C42H48Cl4Zr. The first kappa shape index (κ1) is 38.1. The van der Waals surface area contributed by atoms with Crippen LogP contribution in [0.1, 0.15) is 73.9 Å². The van der Waals surface area contributed by atoms with Crippen molar-refractivity contribution in [2.75, 3.05) is 0 Å². The summed E-state index contributed by atoms with van der Waals surface area (Å²) < 4.78 is 11.5. The second-order valence-corrected chi connectivity index (χ2v) is 28.4. The second kappa shape index (κ2) is 13.5. The molecule has 47 heavy (non-hydrogen) atoms. The van der Waals surface area contributed by atoms with Gasteiger partial charge in [-0.15, -0.1) is 24.8 Å². The SMILES string of the molecule is Cl.Cl.[CH2]=[Zr]([C]1=CC(C(C)(C)C)=CC1CCC)([c]1ccc(Cl)cc1)([c]1ccc(Cl)cc1)[c]1c(C)c(C)cc2c1Cc1cc(C)c(C)cc1-2. The topological polar surface area (TPSA) is 0 Å². The molecule has 5 heteroatoms. The Balaban J connectivity index is 0.00000250. The van der Waals surface area contributed by atoms with Gasteiger partial charge in [-0.05, 0) is 0 Å². The molecule has 1 atom stereocenters. The number of benzene rings is 4. The number of allylic oxidation sites excluding steroid dienone is 4. The average molecular weight is 786 g/mol. The molecule has 0 fully saturated rings. The van der Waals surface area contributed by atoms with Crippen molar-refractivity contribution in [3.05, 3.63) is 131 Å². The summed E-state index contributed by atoms with van der Waals surface area (Å²) >= 11 is 8.22. The Labute approximate surface area is 306 Å². The predicted molar refractivity (Wildman–Crippen MR) is 211 cm³/mol. The minimum absolute atomic E-state index is 0. The van der Waals surface area contributed by atoms with Crippen molar-refractivity contribution in [3.8, 4) is 11.1 Å². The number of fused-ring (bicyclic) bond motifs is 3. The van der Waals surface area contributed by atoms with Crippen molar-refractivity contribution >= 4 is 62.0 Å². The van der Waals surface area contributed by atoms with Crippen molar-refractivity contribution in [1.82, 2.24) is 0 Å². The Kier molecular flexibility index (Phi) is 11.0. The van der Waals surface area contributed by atoms with Crippen LogP contribution in [0.3, 0.4) is 0 Å². The van der Waals surface area contributed by atoms with Crippen molar-refractivity contribution < 1.29 is 18.3 Å². The van der Waals surface area contributed by atoms with Crippen LogP contribution in [-0.2, 0) is 24.7 Å². The molecule has 0 nitrogen and oxygen atoms in total. The van der Waals surface area contributed by atoms with E-state index >= 15 is 0 Å². The Hall–Kier alpha value is -1.73. The van der Waals surface area contributed by atoms with E-state index in [0.717, 1.165) is 29.3 Å². The van der Waals surface area contributed by atoms with Gasteiger partial charge in [0.05, 0.1) is 0 Å². The van der Waals surface area contributed by atoms with Crippen LogP contribution in [-0.4, -0.2) is 4.21 Å². The van der Waals surface area contributed by atoms with Gasteiger partial charge in [0.2, 0.25) is 0 Å². The average Bonchev–Trinajstić information content (AvgIpc) is 3.57. The molecule has 0 N–H and O–H groups in total. The van der Waals surface area contributed by atoms with Gasteiger partial charge in [-0.2, -0.15) is 0 Å². The molecule has 0 radical (unpaired) electrons. The molecule has 2 aliphatic rings. The van der Waals surface area contributed by atoms with Gasteiger partial charge in [-0.3, -0.25) is 0 Å². The van der Waals surface area contributed by atoms with E-state index in [9.17, 15) is 0 Å². The van der Waals surface area contributed by atoms with E-state index in [-0.39, 0.29) is 30.2 Å². The third-order valence-corrected chi connectivity index (χ3v) is 28.2. The summed E-state index contributed by atoms with van der Waals surface area (Å²) in [5.74, 6) is 0.308. The zero-order valence-electron chi connectivity index (χ0n) is 29.0. The predicted octanol–water partition coefficient (Wildman–Crippen LogP) is 11.3. The van der Waals surface area contributed by atoms with E-state index in [1.807, 2.05) is 0 Å². The van der Waals surface area contributed by atoms with Crippen molar-refractivity contribution in [2.24, 2.45) is 11.3 Å². The first-order chi connectivity index (χ1) is 21.2. The van der Waals surface area contributed by atoms with E-state index in [0.29, 0.717) is 5.92 Å². The monoisotopic (exact) mass is 782 g/mol. The molecule has 6 rings (SSSR count). The van der Waals surface area contributed by atoms with E-state index in [1.165, 1.54) is 63.2 Å². The fourth-order valence-electron chi connectivity index (χ4n) is 8.39. The molecule has 1 unspecified atom stereocenters. The summed E-state index contributed by atoms with van der Waals surface area (Å²) in [4.78, 5) is 0. The zero-order chi connectivity index (χ0) is 32.5. The van der Waals surface area contributed by atoms with Gasteiger partial charge in [0, 0.05) is 0 Å². The van der Waals surface area contributed by atoms with Crippen LogP contribution in [0.15, 0.2) is 87.7 Å². The van der Waals surface area contributed by atoms with Gasteiger partial charge in [0.15, 0.2) is 0 Å². The molecule has 4 aromatic rings. The van der Waals surface area contributed by atoms with Crippen LogP contribution in [0.4, 0.5) is 0 Å². The van der Waals surface area contributed by atoms with Crippen molar-refractivity contribution in [1.29, 1.82) is 0 Å². The third kappa shape index (κ3) is 5.95. The molecule has 248 valence electrons. The van der Waals surface area contributed by atoms with Gasteiger partial charge in [-0.1, -0.05) is 0 Å². The van der Waals surface area contributed by atoms with Gasteiger partial charge < -0.3 is 0 Å². The summed E-state index contributed by atoms with van der Waals surface area (Å²) in [6.07, 6.45) is 8.30. The van der Waals surface area contributed by atoms with Crippen LogP contribution < -0.4 is 9.81 Å². The number of rotatable bonds is 6. The fraction of sp³-hybridized carbons (Fsp3) is 0.310. The summed E-state index contributed by atoms with van der Waals surface area (Å²) in [6, 6.07) is 24.8. The van der Waals surface area contributed by atoms with E-state index in [1.54, 1.807) is 0 Å². The third-order valence-electron chi connectivity index (χ3n) is 11.0. The molecule has 0 aromatic heterocycles. The first-order valence-corrected chi connectivity index (χ1v) is 23.8. The molecule has 0 saturated heterocycles. The summed E-state index contributed by atoms with van der Waals surface area (Å²) in [5, 5.41) is 1.50. The maximum absolute atomic E-state index is 6.64. The summed E-state index contributed by atoms with van der Waals surface area (Å²) in [7, 11) is 0. The molecular weight excluding hydrogens is 737 g/mol. The van der Waals surface area contributed by atoms with Crippen LogP contribution in [0, 0.1) is 39.0 Å². The molecule has 4 aromatic carbocycles. The van der Waals surface area contributed by atoms with Crippen molar-refractivity contribution in [3.63, 3.8) is 0 Å². The van der Waals surface area contributed by atoms with Gasteiger partial charge >= 0.3 is 284 Å². The number of hydrogen-bond donors (Lipinski definition) is 0. The summed E-state index contributed by atoms with van der Waals surface area (Å²) in [6.45, 7) is 18.5. The number of aryl methyl sites for hydroxylation is 3. The normalized spacial score (nSPS) is 15.7. The Morgan fingerprint density at radius 1 is 0.766 bits per heavy atom. The van der Waals surface area contributed by atoms with Gasteiger partial charge in [-0.25, -0.2) is 0 Å². The molecule has 0 aliphatic heterocycles. The standard InChI is InChI=1S/C17H17.C12H19.2C6H4Cl.CH2.2ClH.Zr/c1-10-5-14-9-15-6-11(2)13(4)8-17(15)16(14)7-12(10)3;1-5-6-10-7-8-11(9-10)12(2,3)4;2*7-6-4-2-1-3-5-6;;;;/h5,7-8H,9H2,1-4H3;8-10H,5-6H2,1-4H3;2*2-5H;1H2;2*1H;. The van der Waals surface area contributed by atoms with Crippen LogP contribution in [0.25, 0.3) is 11.1 Å². The fourth-order valence-corrected chi connectivity index (χ4v) is 26.1. The zero-order valence-corrected chi connectivity index (χ0v) is 34.6. The Morgan fingerprint density at radius 2 is 1.28 bits per heavy atom. The minimum atomic E-state index is -5.07. The Morgan fingerprint density at radius 3 is 1.79 bits per heavy atom. The summed E-state index contributed by atoms with van der Waals surface area (Å²) in [5.41, 5.74) is 12.5. The van der Waals surface area contributed by atoms with Crippen LogP contribution >= 0.6 is 48.0 Å². The first-order valence-electron chi connectivity index (χ1n) is 16.4. The number of hydrogen-bond acceptors (Lipinski definition) is 0. The quantitative estimate of drug-likeness (QED) is 0.161.